The van der Waals surface area contributed by atoms with Crippen molar-refractivity contribution < 1.29 is 19.0 Å². The van der Waals surface area contributed by atoms with Gasteiger partial charge in [0.2, 0.25) is 0 Å². The Labute approximate surface area is 137 Å². The van der Waals surface area contributed by atoms with E-state index < -0.39 is 6.16 Å². The Morgan fingerprint density at radius 3 is 2.09 bits per heavy atom. The van der Waals surface area contributed by atoms with E-state index in [1.54, 1.807) is 24.3 Å². The van der Waals surface area contributed by atoms with Crippen molar-refractivity contribution in [3.8, 4) is 5.75 Å². The normalized spacial score (nSPS) is 12.5. The van der Waals surface area contributed by atoms with E-state index in [-0.39, 0.29) is 18.3 Å². The Morgan fingerprint density at radius 2 is 1.52 bits per heavy atom. The molecule has 0 bridgehead atoms. The summed E-state index contributed by atoms with van der Waals surface area (Å²) >= 11 is 0. The quantitative estimate of drug-likeness (QED) is 0.589. The van der Waals surface area contributed by atoms with Gasteiger partial charge in [0.15, 0.2) is 0 Å². The summed E-state index contributed by atoms with van der Waals surface area (Å²) in [5.41, 5.74) is 0.600. The van der Waals surface area contributed by atoms with Crippen molar-refractivity contribution in [1.29, 1.82) is 0 Å². The van der Waals surface area contributed by atoms with Gasteiger partial charge >= 0.3 is 6.16 Å². The van der Waals surface area contributed by atoms with Gasteiger partial charge in [0.25, 0.3) is 0 Å². The van der Waals surface area contributed by atoms with E-state index in [4.69, 9.17) is 14.2 Å². The maximum Gasteiger partial charge on any atom is 0.513 e. The van der Waals surface area contributed by atoms with Crippen molar-refractivity contribution in [2.24, 2.45) is 0 Å². The van der Waals surface area contributed by atoms with E-state index in [1.165, 1.54) is 0 Å². The number of ether oxygens (including phenoxy) is 3. The third-order valence-electron chi connectivity index (χ3n) is 2.96. The monoisotopic (exact) mass is 314 g/mol. The van der Waals surface area contributed by atoms with Crippen LogP contribution in [0.25, 0.3) is 0 Å². The second-order valence-electron chi connectivity index (χ2n) is 6.11. The van der Waals surface area contributed by atoms with Crippen LogP contribution in [0.1, 0.15) is 32.4 Å². The van der Waals surface area contributed by atoms with Crippen molar-refractivity contribution in [3.63, 3.8) is 0 Å². The summed E-state index contributed by atoms with van der Waals surface area (Å²) in [5, 5.41) is 0. The van der Waals surface area contributed by atoms with Gasteiger partial charge in [-0.05, 0) is 38.5 Å². The van der Waals surface area contributed by atoms with E-state index in [0.29, 0.717) is 5.75 Å². The molecule has 4 heteroatoms. The molecule has 0 saturated carbocycles. The van der Waals surface area contributed by atoms with Crippen LogP contribution in [0.15, 0.2) is 60.7 Å². The highest BCUT2D eigenvalue weighted by molar-refractivity contribution is 5.63. The van der Waals surface area contributed by atoms with Crippen LogP contribution in [0.2, 0.25) is 0 Å². The van der Waals surface area contributed by atoms with Gasteiger partial charge in [0.1, 0.15) is 18.5 Å². The van der Waals surface area contributed by atoms with Crippen LogP contribution in [-0.2, 0) is 9.47 Å². The largest absolute Gasteiger partial charge is 0.513 e. The second kappa shape index (κ2) is 7.79. The summed E-state index contributed by atoms with van der Waals surface area (Å²) in [6.45, 7) is 5.98. The van der Waals surface area contributed by atoms with Crippen molar-refractivity contribution in [1.82, 2.24) is 0 Å². The second-order valence-corrected chi connectivity index (χ2v) is 6.11. The first-order valence-electron chi connectivity index (χ1n) is 7.56. The first kappa shape index (κ1) is 17.0. The molecule has 0 spiro atoms. The molecule has 2 rings (SSSR count). The predicted octanol–water partition coefficient (Wildman–Crippen LogP) is 4.76. The summed E-state index contributed by atoms with van der Waals surface area (Å²) in [6, 6.07) is 18.5. The van der Waals surface area contributed by atoms with E-state index in [1.807, 2.05) is 57.2 Å². The molecule has 0 aliphatic carbocycles. The minimum atomic E-state index is -0.741. The van der Waals surface area contributed by atoms with E-state index in [9.17, 15) is 4.79 Å². The van der Waals surface area contributed by atoms with Gasteiger partial charge in [-0.1, -0.05) is 48.5 Å². The van der Waals surface area contributed by atoms with Crippen molar-refractivity contribution in [3.05, 3.63) is 66.2 Å². The number of para-hydroxylation sites is 1. The van der Waals surface area contributed by atoms with E-state index >= 15 is 0 Å². The number of hydrogen-bond donors (Lipinski definition) is 0. The van der Waals surface area contributed by atoms with Crippen LogP contribution in [0.4, 0.5) is 4.79 Å². The Morgan fingerprint density at radius 1 is 0.957 bits per heavy atom. The molecule has 23 heavy (non-hydrogen) atoms. The van der Waals surface area contributed by atoms with Crippen LogP contribution >= 0.6 is 0 Å². The Balaban J connectivity index is 1.96. The van der Waals surface area contributed by atoms with Gasteiger partial charge in [-0.25, -0.2) is 4.79 Å². The lowest BCUT2D eigenvalue weighted by Gasteiger charge is -2.27. The van der Waals surface area contributed by atoms with Crippen LogP contribution < -0.4 is 4.74 Å². The van der Waals surface area contributed by atoms with Gasteiger partial charge in [-0.2, -0.15) is 0 Å². The highest BCUT2D eigenvalue weighted by Gasteiger charge is 2.22. The number of carbonyl (C=O) groups is 1. The zero-order chi connectivity index (χ0) is 16.7. The van der Waals surface area contributed by atoms with Gasteiger partial charge in [-0.3, -0.25) is 0 Å². The first-order valence-corrected chi connectivity index (χ1v) is 7.56. The van der Waals surface area contributed by atoms with E-state index in [2.05, 4.69) is 0 Å². The van der Waals surface area contributed by atoms with Crippen LogP contribution in [0.3, 0.4) is 0 Å². The Hall–Kier alpha value is -2.33. The topological polar surface area (TPSA) is 44.8 Å². The van der Waals surface area contributed by atoms with Crippen molar-refractivity contribution in [2.45, 2.75) is 32.5 Å². The van der Waals surface area contributed by atoms with Crippen molar-refractivity contribution >= 4 is 6.16 Å². The molecule has 0 aliphatic heterocycles. The standard InChI is InChI=1S/C19H22O4/c1-19(2,3)23-17(15-10-6-4-7-11-15)14-21-18(20)22-16-12-8-5-9-13-16/h4-13,17H,14H2,1-3H3. The Bertz CT molecular complexity index is 602. The number of hydrogen-bond acceptors (Lipinski definition) is 4. The molecule has 0 aromatic heterocycles. The molecule has 122 valence electrons. The zero-order valence-corrected chi connectivity index (χ0v) is 13.7. The summed E-state index contributed by atoms with van der Waals surface area (Å²) in [7, 11) is 0. The van der Waals surface area contributed by atoms with Gasteiger partial charge in [0, 0.05) is 0 Å². The molecule has 0 N–H and O–H groups in total. The van der Waals surface area contributed by atoms with Gasteiger partial charge < -0.3 is 14.2 Å². The summed E-state index contributed by atoms with van der Waals surface area (Å²) in [6.07, 6.45) is -1.09. The number of benzene rings is 2. The summed E-state index contributed by atoms with van der Waals surface area (Å²) in [5.74, 6) is 0.450. The molecular formula is C19H22O4. The fourth-order valence-corrected chi connectivity index (χ4v) is 2.05. The lowest BCUT2D eigenvalue weighted by molar-refractivity contribution is -0.0870. The number of rotatable bonds is 5. The minimum Gasteiger partial charge on any atom is -0.431 e. The summed E-state index contributed by atoms with van der Waals surface area (Å²) in [4.78, 5) is 11.8. The molecule has 1 unspecified atom stereocenters. The third kappa shape index (κ3) is 6.12. The van der Waals surface area contributed by atoms with Gasteiger partial charge in [0.05, 0.1) is 5.60 Å². The first-order chi connectivity index (χ1) is 10.9. The molecular weight excluding hydrogens is 292 g/mol. The maximum absolute atomic E-state index is 11.8. The smallest absolute Gasteiger partial charge is 0.431 e. The minimum absolute atomic E-state index is 0.0902. The SMILES string of the molecule is CC(C)(C)OC(COC(=O)Oc1ccccc1)c1ccccc1. The molecule has 0 amide bonds. The van der Waals surface area contributed by atoms with Crippen LogP contribution in [0, 0.1) is 0 Å². The predicted molar refractivity (Wildman–Crippen MR) is 88.4 cm³/mol. The molecule has 0 saturated heterocycles. The van der Waals surface area contributed by atoms with Gasteiger partial charge in [-0.15, -0.1) is 0 Å². The third-order valence-corrected chi connectivity index (χ3v) is 2.96. The summed E-state index contributed by atoms with van der Waals surface area (Å²) < 4.78 is 16.3. The molecule has 0 aliphatic rings. The number of carbonyl (C=O) groups excluding carboxylic acids is 1. The average Bonchev–Trinajstić information content (AvgIpc) is 2.52. The zero-order valence-electron chi connectivity index (χ0n) is 13.7. The van der Waals surface area contributed by atoms with Crippen LogP contribution in [0.5, 0.6) is 5.75 Å². The average molecular weight is 314 g/mol. The fraction of sp³-hybridized carbons (Fsp3) is 0.316. The lowest BCUT2D eigenvalue weighted by Crippen LogP contribution is -2.26. The molecule has 1 atom stereocenters. The van der Waals surface area contributed by atoms with Crippen molar-refractivity contribution in [2.75, 3.05) is 6.61 Å². The molecule has 0 fully saturated rings. The molecule has 2 aromatic rings. The maximum atomic E-state index is 11.8. The molecule has 0 radical (unpaired) electrons. The fourth-order valence-electron chi connectivity index (χ4n) is 2.05. The highest BCUT2D eigenvalue weighted by atomic mass is 16.7. The highest BCUT2D eigenvalue weighted by Crippen LogP contribution is 2.24. The lowest BCUT2D eigenvalue weighted by atomic mass is 10.1. The molecule has 0 heterocycles. The Kier molecular flexibility index (Phi) is 5.77. The van der Waals surface area contributed by atoms with Crippen LogP contribution in [-0.4, -0.2) is 18.4 Å². The molecule has 4 nitrogen and oxygen atoms in total. The molecule has 2 aromatic carbocycles. The van der Waals surface area contributed by atoms with E-state index in [0.717, 1.165) is 5.56 Å².